The molecule has 206 valence electrons. The summed E-state index contributed by atoms with van der Waals surface area (Å²) in [4.78, 5) is 12.4. The van der Waals surface area contributed by atoms with Crippen LogP contribution < -0.4 is 14.8 Å². The maximum atomic E-state index is 12.4. The first kappa shape index (κ1) is 28.2. The molecule has 1 heterocycles. The second kappa shape index (κ2) is 12.8. The van der Waals surface area contributed by atoms with Gasteiger partial charge in [-0.05, 0) is 60.8 Å². The van der Waals surface area contributed by atoms with Crippen LogP contribution in [0, 0.1) is 0 Å². The summed E-state index contributed by atoms with van der Waals surface area (Å²) in [5.74, 6) is -0.319. The number of benzene rings is 3. The Bertz CT molecular complexity index is 1520. The minimum absolute atomic E-state index is 0.175. The van der Waals surface area contributed by atoms with Gasteiger partial charge in [-0.15, -0.1) is 0 Å². The van der Waals surface area contributed by atoms with Gasteiger partial charge < -0.3 is 24.8 Å². The second-order valence-electron chi connectivity index (χ2n) is 9.40. The Balaban J connectivity index is 1.43. The van der Waals surface area contributed by atoms with Crippen molar-refractivity contribution in [2.75, 3.05) is 30.7 Å². The normalized spacial score (nSPS) is 12.4. The highest BCUT2D eigenvalue weighted by Crippen LogP contribution is 2.29. The molecule has 3 aromatic carbocycles. The van der Waals surface area contributed by atoms with Crippen LogP contribution in [0.15, 0.2) is 78.9 Å². The van der Waals surface area contributed by atoms with E-state index in [4.69, 9.17) is 4.74 Å². The number of sulfonamides is 1. The first-order chi connectivity index (χ1) is 18.7. The highest BCUT2D eigenvalue weighted by atomic mass is 32.2. The number of aromatic carboxylic acids is 1. The number of aliphatic hydroxyl groups is 1. The third-order valence-electron chi connectivity index (χ3n) is 6.20. The first-order valence-electron chi connectivity index (χ1n) is 12.7. The lowest BCUT2D eigenvalue weighted by atomic mass is 10.1. The topological polar surface area (TPSA) is 130 Å². The van der Waals surface area contributed by atoms with Gasteiger partial charge in [0.25, 0.3) is 0 Å². The van der Waals surface area contributed by atoms with E-state index in [9.17, 15) is 23.4 Å². The molecule has 39 heavy (non-hydrogen) atoms. The molecule has 10 heteroatoms. The van der Waals surface area contributed by atoms with Gasteiger partial charge in [-0.3, -0.25) is 4.72 Å². The van der Waals surface area contributed by atoms with Crippen molar-refractivity contribution >= 4 is 32.6 Å². The Kier molecular flexibility index (Phi) is 9.23. The molecule has 1 unspecified atom stereocenters. The Morgan fingerprint density at radius 1 is 1.03 bits per heavy atom. The van der Waals surface area contributed by atoms with Crippen molar-refractivity contribution in [1.29, 1.82) is 0 Å². The zero-order valence-corrected chi connectivity index (χ0v) is 22.5. The minimum atomic E-state index is -3.44. The number of nitrogens with zero attached hydrogens (tertiary/aromatic N) is 1. The number of anilines is 1. The molecule has 0 aliphatic heterocycles. The van der Waals surface area contributed by atoms with Crippen molar-refractivity contribution < 1.29 is 28.2 Å². The van der Waals surface area contributed by atoms with Crippen molar-refractivity contribution in [3.8, 4) is 5.75 Å². The molecular formula is C29H33N3O6S. The maximum Gasteiger partial charge on any atom is 0.352 e. The molecule has 0 saturated heterocycles. The fourth-order valence-corrected chi connectivity index (χ4v) is 5.15. The smallest absolute Gasteiger partial charge is 0.352 e. The van der Waals surface area contributed by atoms with E-state index >= 15 is 0 Å². The Labute approximate surface area is 228 Å². The summed E-state index contributed by atoms with van der Waals surface area (Å²) in [6, 6.07) is 23.8. The van der Waals surface area contributed by atoms with Crippen LogP contribution in [-0.4, -0.2) is 61.2 Å². The van der Waals surface area contributed by atoms with Crippen molar-refractivity contribution in [2.45, 2.75) is 25.5 Å². The van der Waals surface area contributed by atoms with E-state index in [1.54, 1.807) is 22.8 Å². The highest BCUT2D eigenvalue weighted by Gasteiger charge is 2.22. The number of hydrogen-bond acceptors (Lipinski definition) is 6. The fourth-order valence-electron chi connectivity index (χ4n) is 4.59. The van der Waals surface area contributed by atoms with Gasteiger partial charge in [0.1, 0.15) is 24.2 Å². The number of fused-ring (bicyclic) bond motifs is 1. The first-order valence-corrected chi connectivity index (χ1v) is 14.6. The van der Waals surface area contributed by atoms with E-state index in [2.05, 4.69) is 10.0 Å². The lowest BCUT2D eigenvalue weighted by molar-refractivity contribution is 0.0685. The number of aliphatic hydroxyl groups excluding tert-OH is 1. The maximum absolute atomic E-state index is 12.4. The van der Waals surface area contributed by atoms with Crippen molar-refractivity contribution in [1.82, 2.24) is 9.88 Å². The van der Waals surface area contributed by atoms with E-state index in [0.29, 0.717) is 37.4 Å². The molecule has 0 aliphatic rings. The van der Waals surface area contributed by atoms with Crippen LogP contribution in [-0.2, 0) is 23.0 Å². The van der Waals surface area contributed by atoms with Crippen molar-refractivity contribution in [3.05, 3.63) is 95.7 Å². The third kappa shape index (κ3) is 7.82. The molecule has 0 aliphatic carbocycles. The zero-order valence-electron chi connectivity index (χ0n) is 21.7. The number of para-hydroxylation sites is 2. The van der Waals surface area contributed by atoms with Crippen molar-refractivity contribution in [2.24, 2.45) is 0 Å². The van der Waals surface area contributed by atoms with E-state index < -0.39 is 22.1 Å². The van der Waals surface area contributed by atoms with E-state index in [1.165, 1.54) is 0 Å². The Hall–Kier alpha value is -3.86. The molecule has 0 spiro atoms. The number of ether oxygens (including phenoxy) is 1. The molecule has 1 aromatic heterocycles. The number of carboxylic acids is 1. The summed E-state index contributed by atoms with van der Waals surface area (Å²) in [5, 5.41) is 24.5. The summed E-state index contributed by atoms with van der Waals surface area (Å²) in [6.45, 7) is 1.40. The molecule has 0 bridgehead atoms. The van der Waals surface area contributed by atoms with E-state index in [1.807, 2.05) is 60.7 Å². The van der Waals surface area contributed by atoms with Crippen LogP contribution in [0.3, 0.4) is 0 Å². The van der Waals surface area contributed by atoms with Gasteiger partial charge in [-0.25, -0.2) is 13.2 Å². The van der Waals surface area contributed by atoms with Gasteiger partial charge in [0.2, 0.25) is 10.0 Å². The molecular weight excluding hydrogens is 518 g/mol. The number of nitrogens with one attached hydrogen (secondary N) is 2. The summed E-state index contributed by atoms with van der Waals surface area (Å²) in [7, 11) is -3.44. The lowest BCUT2D eigenvalue weighted by Crippen LogP contribution is -2.32. The molecule has 0 fully saturated rings. The molecule has 0 saturated carbocycles. The molecule has 4 aromatic rings. The number of carboxylic acid groups (broad SMARTS) is 1. The molecule has 9 nitrogen and oxygen atoms in total. The third-order valence-corrected chi connectivity index (χ3v) is 6.80. The standard InChI is InChI=1S/C29H33N3O6S/c1-39(36,37)31-22-10-7-9-21(17-22)19-32-27-15-6-5-13-25(27)26(28(32)29(34)35)14-8-16-30-18-23(33)20-38-24-11-3-2-4-12-24/h2-7,9-13,15,17,23,30-31,33H,8,14,16,18-20H2,1H3,(H,34,35). The lowest BCUT2D eigenvalue weighted by Gasteiger charge is -2.13. The molecule has 4 N–H and O–H groups in total. The molecule has 0 radical (unpaired) electrons. The second-order valence-corrected chi connectivity index (χ2v) is 11.1. The number of aryl methyl sites for hydroxylation is 1. The van der Waals surface area contributed by atoms with Gasteiger partial charge in [0, 0.05) is 29.7 Å². The molecule has 4 rings (SSSR count). The summed E-state index contributed by atoms with van der Waals surface area (Å²) in [6.07, 6.45) is 1.62. The van der Waals surface area contributed by atoms with Crippen LogP contribution in [0.4, 0.5) is 5.69 Å². The highest BCUT2D eigenvalue weighted by molar-refractivity contribution is 7.92. The van der Waals surface area contributed by atoms with Gasteiger partial charge in [-0.2, -0.15) is 0 Å². The van der Waals surface area contributed by atoms with Crippen LogP contribution in [0.2, 0.25) is 0 Å². The minimum Gasteiger partial charge on any atom is -0.491 e. The largest absolute Gasteiger partial charge is 0.491 e. The van der Waals surface area contributed by atoms with Crippen LogP contribution in [0.5, 0.6) is 5.75 Å². The number of carbonyl (C=O) groups is 1. The van der Waals surface area contributed by atoms with Gasteiger partial charge in [0.15, 0.2) is 0 Å². The fraction of sp³-hybridized carbons (Fsp3) is 0.276. The van der Waals surface area contributed by atoms with E-state index in [-0.39, 0.29) is 18.8 Å². The molecule has 0 amide bonds. The number of hydrogen-bond donors (Lipinski definition) is 4. The van der Waals surface area contributed by atoms with Crippen molar-refractivity contribution in [3.63, 3.8) is 0 Å². The average molecular weight is 552 g/mol. The summed E-state index contributed by atoms with van der Waals surface area (Å²) < 4.78 is 33.1. The Morgan fingerprint density at radius 3 is 2.51 bits per heavy atom. The summed E-state index contributed by atoms with van der Waals surface area (Å²) >= 11 is 0. The van der Waals surface area contributed by atoms with Crippen LogP contribution >= 0.6 is 0 Å². The van der Waals surface area contributed by atoms with Gasteiger partial charge in [-0.1, -0.05) is 48.5 Å². The van der Waals surface area contributed by atoms with Crippen LogP contribution in [0.1, 0.15) is 28.0 Å². The average Bonchev–Trinajstić information content (AvgIpc) is 3.20. The SMILES string of the molecule is CS(=O)(=O)Nc1cccc(Cn2c(C(=O)O)c(CCCNCC(O)COc3ccccc3)c3ccccc32)c1. The van der Waals surface area contributed by atoms with Gasteiger partial charge >= 0.3 is 5.97 Å². The predicted molar refractivity (Wildman–Crippen MR) is 152 cm³/mol. The zero-order chi connectivity index (χ0) is 27.8. The summed E-state index contributed by atoms with van der Waals surface area (Å²) in [5.41, 5.74) is 2.96. The predicted octanol–water partition coefficient (Wildman–Crippen LogP) is 3.72. The number of rotatable bonds is 14. The molecule has 1 atom stereocenters. The van der Waals surface area contributed by atoms with E-state index in [0.717, 1.165) is 28.3 Å². The van der Waals surface area contributed by atoms with Gasteiger partial charge in [0.05, 0.1) is 6.26 Å². The number of aromatic nitrogens is 1. The van der Waals surface area contributed by atoms with Crippen LogP contribution in [0.25, 0.3) is 10.9 Å². The monoisotopic (exact) mass is 551 g/mol. The Morgan fingerprint density at radius 2 is 1.77 bits per heavy atom. The quantitative estimate of drug-likeness (QED) is 0.176.